The minimum absolute atomic E-state index is 0.320. The predicted octanol–water partition coefficient (Wildman–Crippen LogP) is 2.69. The summed E-state index contributed by atoms with van der Waals surface area (Å²) < 4.78 is 17.2. The van der Waals surface area contributed by atoms with Crippen LogP contribution in [-0.4, -0.2) is 26.6 Å². The van der Waals surface area contributed by atoms with Crippen LogP contribution in [0.3, 0.4) is 0 Å². The molecule has 1 aromatic carbocycles. The molecule has 19 heavy (non-hydrogen) atoms. The van der Waals surface area contributed by atoms with Crippen LogP contribution in [-0.2, 0) is 11.3 Å². The zero-order valence-corrected chi connectivity index (χ0v) is 12.4. The van der Waals surface area contributed by atoms with Crippen molar-refractivity contribution in [3.63, 3.8) is 0 Å². The van der Waals surface area contributed by atoms with Crippen LogP contribution in [0.1, 0.15) is 18.4 Å². The Hall–Kier alpha value is -0.780. The molecule has 0 amide bonds. The third-order valence-electron chi connectivity index (χ3n) is 3.61. The summed E-state index contributed by atoms with van der Waals surface area (Å²) in [4.78, 5) is 0. The highest BCUT2D eigenvalue weighted by atomic mass is 79.9. The first-order valence-electron chi connectivity index (χ1n) is 6.69. The van der Waals surface area contributed by atoms with Gasteiger partial charge in [-0.1, -0.05) is 15.9 Å². The molecule has 1 unspecified atom stereocenters. The summed E-state index contributed by atoms with van der Waals surface area (Å²) in [6.07, 6.45) is 2.39. The van der Waals surface area contributed by atoms with Gasteiger partial charge in [0.25, 0.3) is 0 Å². The molecule has 1 fully saturated rings. The molecule has 0 radical (unpaired) electrons. The Balaban J connectivity index is 1.49. The minimum Gasteiger partial charge on any atom is -0.454 e. The maximum absolute atomic E-state index is 5.39. The van der Waals surface area contributed by atoms with Crippen LogP contribution < -0.4 is 14.8 Å². The molecule has 1 aromatic rings. The van der Waals surface area contributed by atoms with E-state index in [1.807, 2.05) is 12.1 Å². The molecule has 0 aliphatic carbocycles. The SMILES string of the molecule is Brc1cc2c(cc1CNCCC1CCOC1)OCO2. The third kappa shape index (κ3) is 3.22. The van der Waals surface area contributed by atoms with Crippen LogP contribution in [0, 0.1) is 5.92 Å². The number of fused-ring (bicyclic) bond motifs is 1. The van der Waals surface area contributed by atoms with Crippen molar-refractivity contribution in [3.05, 3.63) is 22.2 Å². The highest BCUT2D eigenvalue weighted by Crippen LogP contribution is 2.36. The van der Waals surface area contributed by atoms with Crippen molar-refractivity contribution in [2.75, 3.05) is 26.6 Å². The van der Waals surface area contributed by atoms with Gasteiger partial charge in [-0.3, -0.25) is 0 Å². The molecule has 5 heteroatoms. The number of nitrogens with one attached hydrogen (secondary N) is 1. The first-order valence-corrected chi connectivity index (χ1v) is 7.49. The van der Waals surface area contributed by atoms with Crippen LogP contribution in [0.5, 0.6) is 11.5 Å². The molecule has 1 N–H and O–H groups in total. The summed E-state index contributed by atoms with van der Waals surface area (Å²) in [7, 11) is 0. The van der Waals surface area contributed by atoms with E-state index in [1.165, 1.54) is 18.4 Å². The molecule has 2 heterocycles. The normalized spacial score (nSPS) is 21.0. The molecule has 2 aliphatic rings. The van der Waals surface area contributed by atoms with Crippen molar-refractivity contribution in [3.8, 4) is 11.5 Å². The lowest BCUT2D eigenvalue weighted by Gasteiger charge is -2.10. The fourth-order valence-electron chi connectivity index (χ4n) is 2.43. The lowest BCUT2D eigenvalue weighted by atomic mass is 10.1. The van der Waals surface area contributed by atoms with Gasteiger partial charge in [0.2, 0.25) is 6.79 Å². The van der Waals surface area contributed by atoms with E-state index in [0.717, 1.165) is 48.2 Å². The van der Waals surface area contributed by atoms with Gasteiger partial charge < -0.3 is 19.5 Å². The fraction of sp³-hybridized carbons (Fsp3) is 0.571. The molecule has 1 atom stereocenters. The van der Waals surface area contributed by atoms with Crippen molar-refractivity contribution in [1.29, 1.82) is 0 Å². The second-order valence-electron chi connectivity index (χ2n) is 4.99. The Morgan fingerprint density at radius 2 is 2.11 bits per heavy atom. The summed E-state index contributed by atoms with van der Waals surface area (Å²) in [6.45, 7) is 4.04. The van der Waals surface area contributed by atoms with Crippen LogP contribution >= 0.6 is 15.9 Å². The Bertz CT molecular complexity index is 447. The maximum Gasteiger partial charge on any atom is 0.231 e. The smallest absolute Gasteiger partial charge is 0.231 e. The number of benzene rings is 1. The van der Waals surface area contributed by atoms with Gasteiger partial charge in [-0.25, -0.2) is 0 Å². The molecule has 2 aliphatic heterocycles. The van der Waals surface area contributed by atoms with Crippen molar-refractivity contribution in [2.45, 2.75) is 19.4 Å². The molecular weight excluding hydrogens is 310 g/mol. The first kappa shape index (κ1) is 13.2. The van der Waals surface area contributed by atoms with E-state index in [9.17, 15) is 0 Å². The molecule has 104 valence electrons. The summed E-state index contributed by atoms with van der Waals surface area (Å²) >= 11 is 3.57. The monoisotopic (exact) mass is 327 g/mol. The first-order chi connectivity index (χ1) is 9.33. The Labute approximate surface area is 121 Å². The number of ether oxygens (including phenoxy) is 3. The van der Waals surface area contributed by atoms with Gasteiger partial charge in [0, 0.05) is 24.2 Å². The Kier molecular flexibility index (Phi) is 4.25. The predicted molar refractivity (Wildman–Crippen MR) is 75.5 cm³/mol. The molecule has 0 aromatic heterocycles. The van der Waals surface area contributed by atoms with Crippen LogP contribution in [0.25, 0.3) is 0 Å². The fourth-order valence-corrected chi connectivity index (χ4v) is 2.90. The van der Waals surface area contributed by atoms with Gasteiger partial charge in [-0.2, -0.15) is 0 Å². The zero-order valence-electron chi connectivity index (χ0n) is 10.8. The zero-order chi connectivity index (χ0) is 13.1. The minimum atomic E-state index is 0.320. The van der Waals surface area contributed by atoms with Gasteiger partial charge in [-0.05, 0) is 43.0 Å². The second-order valence-corrected chi connectivity index (χ2v) is 5.85. The Morgan fingerprint density at radius 1 is 1.26 bits per heavy atom. The van der Waals surface area contributed by atoms with E-state index in [2.05, 4.69) is 21.2 Å². The molecule has 0 bridgehead atoms. The van der Waals surface area contributed by atoms with Gasteiger partial charge >= 0.3 is 0 Å². The van der Waals surface area contributed by atoms with E-state index in [-0.39, 0.29) is 0 Å². The molecule has 1 saturated heterocycles. The lowest BCUT2D eigenvalue weighted by Crippen LogP contribution is -2.18. The summed E-state index contributed by atoms with van der Waals surface area (Å²) in [5, 5.41) is 3.48. The van der Waals surface area contributed by atoms with Crippen molar-refractivity contribution in [2.24, 2.45) is 5.92 Å². The number of rotatable bonds is 5. The highest BCUT2D eigenvalue weighted by molar-refractivity contribution is 9.10. The quantitative estimate of drug-likeness (QED) is 0.844. The molecule has 3 rings (SSSR count). The summed E-state index contributed by atoms with van der Waals surface area (Å²) in [5.74, 6) is 2.38. The van der Waals surface area contributed by atoms with Crippen molar-refractivity contribution >= 4 is 15.9 Å². The number of hydrogen-bond donors (Lipinski definition) is 1. The molecule has 4 nitrogen and oxygen atoms in total. The second kappa shape index (κ2) is 6.11. The molecular formula is C14H18BrNO3. The van der Waals surface area contributed by atoms with E-state index < -0.39 is 0 Å². The average molecular weight is 328 g/mol. The van der Waals surface area contributed by atoms with Gasteiger partial charge in [0.1, 0.15) is 0 Å². The summed E-state index contributed by atoms with van der Waals surface area (Å²) in [5.41, 5.74) is 1.20. The maximum atomic E-state index is 5.39. The van der Waals surface area contributed by atoms with Crippen molar-refractivity contribution < 1.29 is 14.2 Å². The number of halogens is 1. The topological polar surface area (TPSA) is 39.7 Å². The number of hydrogen-bond acceptors (Lipinski definition) is 4. The van der Waals surface area contributed by atoms with E-state index >= 15 is 0 Å². The van der Waals surface area contributed by atoms with Crippen LogP contribution in [0.15, 0.2) is 16.6 Å². The van der Waals surface area contributed by atoms with Gasteiger partial charge in [0.15, 0.2) is 11.5 Å². The van der Waals surface area contributed by atoms with Gasteiger partial charge in [-0.15, -0.1) is 0 Å². The van der Waals surface area contributed by atoms with Crippen LogP contribution in [0.2, 0.25) is 0 Å². The average Bonchev–Trinajstić information content (AvgIpc) is 3.05. The molecule has 0 saturated carbocycles. The van der Waals surface area contributed by atoms with E-state index in [0.29, 0.717) is 6.79 Å². The third-order valence-corrected chi connectivity index (χ3v) is 4.35. The highest BCUT2D eigenvalue weighted by Gasteiger charge is 2.17. The molecule has 0 spiro atoms. The summed E-state index contributed by atoms with van der Waals surface area (Å²) in [6, 6.07) is 4.02. The van der Waals surface area contributed by atoms with Crippen LogP contribution in [0.4, 0.5) is 0 Å². The van der Waals surface area contributed by atoms with E-state index in [4.69, 9.17) is 14.2 Å². The van der Waals surface area contributed by atoms with Gasteiger partial charge in [0.05, 0.1) is 0 Å². The standard InChI is InChI=1S/C14H18BrNO3/c15-12-6-14-13(18-9-19-14)5-11(12)7-16-3-1-10-2-4-17-8-10/h5-6,10,16H,1-4,7-9H2. The Morgan fingerprint density at radius 3 is 2.89 bits per heavy atom. The largest absolute Gasteiger partial charge is 0.454 e. The lowest BCUT2D eigenvalue weighted by molar-refractivity contribution is 0.174. The van der Waals surface area contributed by atoms with Crippen molar-refractivity contribution in [1.82, 2.24) is 5.32 Å². The van der Waals surface area contributed by atoms with E-state index in [1.54, 1.807) is 0 Å².